The van der Waals surface area contributed by atoms with E-state index in [0.29, 0.717) is 5.56 Å². The van der Waals surface area contributed by atoms with Crippen molar-refractivity contribution in [3.05, 3.63) is 33.5 Å². The summed E-state index contributed by atoms with van der Waals surface area (Å²) in [7, 11) is 0. The first kappa shape index (κ1) is 9.19. The highest BCUT2D eigenvalue weighted by atomic mass is 79.9. The fraction of sp³-hybridized carbons (Fsp3) is 0.125. The molecule has 0 fully saturated rings. The highest BCUT2D eigenvalue weighted by Gasteiger charge is 2.04. The topological polar surface area (TPSA) is 32.6 Å². The number of benzene rings is 1. The van der Waals surface area contributed by atoms with Gasteiger partial charge in [0.2, 0.25) is 0 Å². The Labute approximate surface area is 77.8 Å². The number of halogens is 2. The van der Waals surface area contributed by atoms with E-state index < -0.39 is 0 Å². The maximum Gasteiger partial charge on any atom is 0.135 e. The Kier molecular flexibility index (Phi) is 2.81. The lowest BCUT2D eigenvalue weighted by Crippen LogP contribution is -1.92. The number of hydrogen-bond acceptors (Lipinski definition) is 2. The van der Waals surface area contributed by atoms with E-state index in [2.05, 4.69) is 21.1 Å². The van der Waals surface area contributed by atoms with Gasteiger partial charge in [0.25, 0.3) is 0 Å². The molecule has 0 bridgehead atoms. The Morgan fingerprint density at radius 2 is 2.25 bits per heavy atom. The third-order valence-electron chi connectivity index (χ3n) is 1.44. The van der Waals surface area contributed by atoms with Crippen LogP contribution in [0.2, 0.25) is 0 Å². The standard InChI is InChI=1S/C8H7BrFNO/c1-5-2-7(9)3-6(4-11-12)8(5)10/h2-4,12H,1H3/b11-4-. The number of nitrogens with zero attached hydrogens (tertiary/aromatic N) is 1. The molecule has 0 unspecified atom stereocenters. The van der Waals surface area contributed by atoms with E-state index in [1.54, 1.807) is 19.1 Å². The van der Waals surface area contributed by atoms with Crippen LogP contribution in [0.5, 0.6) is 0 Å². The van der Waals surface area contributed by atoms with E-state index in [1.165, 1.54) is 0 Å². The summed E-state index contributed by atoms with van der Waals surface area (Å²) in [6.45, 7) is 1.65. The zero-order valence-electron chi connectivity index (χ0n) is 6.38. The number of oxime groups is 1. The van der Waals surface area contributed by atoms with E-state index >= 15 is 0 Å². The Hall–Kier alpha value is -0.900. The van der Waals surface area contributed by atoms with Gasteiger partial charge in [-0.2, -0.15) is 0 Å². The van der Waals surface area contributed by atoms with Crippen LogP contribution in [0.3, 0.4) is 0 Å². The lowest BCUT2D eigenvalue weighted by atomic mass is 10.1. The Bertz CT molecular complexity index is 325. The van der Waals surface area contributed by atoms with Crippen molar-refractivity contribution in [2.24, 2.45) is 5.16 Å². The summed E-state index contributed by atoms with van der Waals surface area (Å²) >= 11 is 3.21. The fourth-order valence-corrected chi connectivity index (χ4v) is 1.50. The lowest BCUT2D eigenvalue weighted by Gasteiger charge is -2.00. The van der Waals surface area contributed by atoms with Crippen molar-refractivity contribution in [3.63, 3.8) is 0 Å². The van der Waals surface area contributed by atoms with Gasteiger partial charge in [-0.3, -0.25) is 0 Å². The van der Waals surface area contributed by atoms with Gasteiger partial charge < -0.3 is 5.21 Å². The first-order chi connectivity index (χ1) is 5.65. The number of aryl methyl sites for hydroxylation is 1. The van der Waals surface area contributed by atoms with Crippen LogP contribution in [0.4, 0.5) is 4.39 Å². The van der Waals surface area contributed by atoms with Crippen molar-refractivity contribution in [2.45, 2.75) is 6.92 Å². The first-order valence-corrected chi connectivity index (χ1v) is 4.07. The molecule has 1 N–H and O–H groups in total. The summed E-state index contributed by atoms with van der Waals surface area (Å²) in [6.07, 6.45) is 1.06. The molecule has 0 aliphatic rings. The highest BCUT2D eigenvalue weighted by molar-refractivity contribution is 9.10. The van der Waals surface area contributed by atoms with Gasteiger partial charge in [-0.1, -0.05) is 21.1 Å². The lowest BCUT2D eigenvalue weighted by molar-refractivity contribution is 0.321. The van der Waals surface area contributed by atoms with Crippen LogP contribution in [-0.4, -0.2) is 11.4 Å². The van der Waals surface area contributed by atoms with Crippen molar-refractivity contribution < 1.29 is 9.60 Å². The average molecular weight is 232 g/mol. The van der Waals surface area contributed by atoms with Crippen LogP contribution < -0.4 is 0 Å². The largest absolute Gasteiger partial charge is 0.411 e. The summed E-state index contributed by atoms with van der Waals surface area (Å²) in [5.74, 6) is -0.365. The third kappa shape index (κ3) is 1.82. The summed E-state index contributed by atoms with van der Waals surface area (Å²) in [5.41, 5.74) is 0.781. The van der Waals surface area contributed by atoms with E-state index in [1.807, 2.05) is 0 Å². The van der Waals surface area contributed by atoms with Gasteiger partial charge in [0.1, 0.15) is 5.82 Å². The molecule has 0 spiro atoms. The molecule has 0 aliphatic carbocycles. The van der Waals surface area contributed by atoms with Crippen LogP contribution >= 0.6 is 15.9 Å². The second kappa shape index (κ2) is 3.67. The molecule has 0 aliphatic heterocycles. The van der Waals surface area contributed by atoms with Crippen molar-refractivity contribution >= 4 is 22.1 Å². The minimum Gasteiger partial charge on any atom is -0.411 e. The zero-order valence-corrected chi connectivity index (χ0v) is 7.97. The van der Waals surface area contributed by atoms with E-state index in [0.717, 1.165) is 10.7 Å². The molecule has 0 aromatic heterocycles. The maximum atomic E-state index is 13.1. The van der Waals surface area contributed by atoms with Gasteiger partial charge in [-0.15, -0.1) is 0 Å². The van der Waals surface area contributed by atoms with Crippen LogP contribution in [0.15, 0.2) is 21.8 Å². The molecule has 12 heavy (non-hydrogen) atoms. The molecule has 0 radical (unpaired) electrons. The predicted octanol–water partition coefficient (Wildman–Crippen LogP) is 2.70. The Morgan fingerprint density at radius 3 is 2.83 bits per heavy atom. The molecule has 4 heteroatoms. The first-order valence-electron chi connectivity index (χ1n) is 3.28. The summed E-state index contributed by atoms with van der Waals surface area (Å²) in [4.78, 5) is 0. The smallest absolute Gasteiger partial charge is 0.135 e. The van der Waals surface area contributed by atoms with Crippen molar-refractivity contribution in [1.82, 2.24) is 0 Å². The molecule has 0 saturated carbocycles. The second-order valence-corrected chi connectivity index (χ2v) is 3.29. The third-order valence-corrected chi connectivity index (χ3v) is 1.90. The van der Waals surface area contributed by atoms with E-state index in [9.17, 15) is 4.39 Å². The number of hydrogen-bond donors (Lipinski definition) is 1. The van der Waals surface area contributed by atoms with Gasteiger partial charge in [0.05, 0.1) is 6.21 Å². The zero-order chi connectivity index (χ0) is 9.14. The molecule has 0 heterocycles. The molecule has 64 valence electrons. The molecular weight excluding hydrogens is 225 g/mol. The van der Waals surface area contributed by atoms with Crippen LogP contribution in [-0.2, 0) is 0 Å². The molecule has 2 nitrogen and oxygen atoms in total. The predicted molar refractivity (Wildman–Crippen MR) is 48.2 cm³/mol. The van der Waals surface area contributed by atoms with Gasteiger partial charge in [0.15, 0.2) is 0 Å². The normalized spacial score (nSPS) is 10.9. The maximum absolute atomic E-state index is 13.1. The fourth-order valence-electron chi connectivity index (χ4n) is 0.908. The number of rotatable bonds is 1. The van der Waals surface area contributed by atoms with E-state index in [4.69, 9.17) is 5.21 Å². The van der Waals surface area contributed by atoms with E-state index in [-0.39, 0.29) is 11.4 Å². The minimum atomic E-state index is -0.365. The van der Waals surface area contributed by atoms with Crippen molar-refractivity contribution in [1.29, 1.82) is 0 Å². The van der Waals surface area contributed by atoms with Crippen LogP contribution in [0.25, 0.3) is 0 Å². The minimum absolute atomic E-state index is 0.268. The van der Waals surface area contributed by atoms with Gasteiger partial charge in [-0.25, -0.2) is 4.39 Å². The molecule has 0 amide bonds. The summed E-state index contributed by atoms with van der Waals surface area (Å²) in [5, 5.41) is 11.0. The SMILES string of the molecule is Cc1cc(Br)cc(/C=N\O)c1F. The van der Waals surface area contributed by atoms with Gasteiger partial charge in [-0.05, 0) is 24.6 Å². The van der Waals surface area contributed by atoms with Crippen LogP contribution in [0.1, 0.15) is 11.1 Å². The quantitative estimate of drug-likeness (QED) is 0.450. The Balaban J connectivity index is 3.27. The molecular formula is C8H7BrFNO. The second-order valence-electron chi connectivity index (χ2n) is 2.37. The monoisotopic (exact) mass is 231 g/mol. The summed E-state index contributed by atoms with van der Waals surface area (Å²) < 4.78 is 13.9. The highest BCUT2D eigenvalue weighted by Crippen LogP contribution is 2.18. The van der Waals surface area contributed by atoms with Gasteiger partial charge >= 0.3 is 0 Å². The van der Waals surface area contributed by atoms with Gasteiger partial charge in [0, 0.05) is 10.0 Å². The average Bonchev–Trinajstić information content (AvgIpc) is 2.00. The molecule has 1 aromatic rings. The Morgan fingerprint density at radius 1 is 1.58 bits per heavy atom. The summed E-state index contributed by atoms with van der Waals surface area (Å²) in [6, 6.07) is 3.20. The molecule has 1 rings (SSSR count). The molecule has 1 aromatic carbocycles. The molecule has 0 atom stereocenters. The molecule has 0 saturated heterocycles. The van der Waals surface area contributed by atoms with Crippen LogP contribution in [0, 0.1) is 12.7 Å². The van der Waals surface area contributed by atoms with Crippen molar-refractivity contribution in [2.75, 3.05) is 0 Å². The van der Waals surface area contributed by atoms with Crippen molar-refractivity contribution in [3.8, 4) is 0 Å².